The minimum atomic E-state index is -0.106. The number of carbonyl (C=O) groups is 1. The van der Waals surface area contributed by atoms with E-state index >= 15 is 0 Å². The lowest BCUT2D eigenvalue weighted by molar-refractivity contribution is -0.134. The van der Waals surface area contributed by atoms with E-state index in [1.807, 2.05) is 30.3 Å². The molecule has 0 aromatic heterocycles. The Hall–Kier alpha value is -0.830. The average Bonchev–Trinajstić information content (AvgIpc) is 2.65. The molecule has 0 unspecified atom stereocenters. The summed E-state index contributed by atoms with van der Waals surface area (Å²) in [6.45, 7) is 2.28. The van der Waals surface area contributed by atoms with Gasteiger partial charge in [-0.25, -0.2) is 0 Å². The molecule has 1 aromatic carbocycles. The van der Waals surface area contributed by atoms with Gasteiger partial charge in [0, 0.05) is 6.42 Å². The molecule has 0 saturated heterocycles. The van der Waals surface area contributed by atoms with E-state index in [1.54, 1.807) is 0 Å². The first-order chi connectivity index (χ1) is 12.8. The maximum Gasteiger partial charge on any atom is 0.311 e. The maximum absolute atomic E-state index is 11.7. The molecular weight excluding hydrogens is 400 g/mol. The van der Waals surface area contributed by atoms with Crippen molar-refractivity contribution in [3.8, 4) is 5.75 Å². The zero-order chi connectivity index (χ0) is 18.7. The Kier molecular flexibility index (Phi) is 19.3. The number of carbonyl (C=O) groups excluding carboxylic acids is 1. The molecule has 156 valence electrons. The van der Waals surface area contributed by atoms with E-state index in [0.717, 1.165) is 12.8 Å². The summed E-state index contributed by atoms with van der Waals surface area (Å²) >= 11 is 0. The third-order valence-corrected chi connectivity index (χ3v) is 4.96. The lowest BCUT2D eigenvalue weighted by Crippen LogP contribution is -2.07. The van der Waals surface area contributed by atoms with Gasteiger partial charge in [0.1, 0.15) is 5.75 Å². The SMILES string of the molecule is Br.CCCCCCCCCCCCCCCCCC(=O)Oc1ccccc1. The second-order valence-corrected chi connectivity index (χ2v) is 7.49. The summed E-state index contributed by atoms with van der Waals surface area (Å²) in [4.78, 5) is 11.7. The minimum absolute atomic E-state index is 0. The summed E-state index contributed by atoms with van der Waals surface area (Å²) in [6.07, 6.45) is 20.7. The van der Waals surface area contributed by atoms with Crippen LogP contribution in [-0.2, 0) is 4.79 Å². The fourth-order valence-electron chi connectivity index (χ4n) is 3.31. The van der Waals surface area contributed by atoms with Gasteiger partial charge in [0.05, 0.1) is 0 Å². The number of benzene rings is 1. The van der Waals surface area contributed by atoms with Gasteiger partial charge in [0.2, 0.25) is 0 Å². The van der Waals surface area contributed by atoms with Crippen molar-refractivity contribution < 1.29 is 9.53 Å². The van der Waals surface area contributed by atoms with Gasteiger partial charge in [0.25, 0.3) is 0 Å². The molecule has 0 amide bonds. The van der Waals surface area contributed by atoms with Gasteiger partial charge >= 0.3 is 5.97 Å². The Bertz CT molecular complexity index is 433. The summed E-state index contributed by atoms with van der Waals surface area (Å²) < 4.78 is 5.29. The van der Waals surface area contributed by atoms with Crippen LogP contribution in [0.1, 0.15) is 110 Å². The highest BCUT2D eigenvalue weighted by atomic mass is 79.9. The van der Waals surface area contributed by atoms with Crippen LogP contribution >= 0.6 is 17.0 Å². The molecule has 3 heteroatoms. The van der Waals surface area contributed by atoms with E-state index in [0.29, 0.717) is 12.2 Å². The first kappa shape index (κ1) is 26.2. The number of rotatable bonds is 17. The van der Waals surface area contributed by atoms with Gasteiger partial charge in [-0.15, -0.1) is 17.0 Å². The molecule has 1 rings (SSSR count). The summed E-state index contributed by atoms with van der Waals surface area (Å²) in [5.74, 6) is 0.546. The molecule has 0 radical (unpaired) electrons. The van der Waals surface area contributed by atoms with Gasteiger partial charge in [-0.1, -0.05) is 115 Å². The van der Waals surface area contributed by atoms with Crippen molar-refractivity contribution in [1.82, 2.24) is 0 Å². The van der Waals surface area contributed by atoms with Crippen LogP contribution in [0, 0.1) is 0 Å². The zero-order valence-corrected chi connectivity index (χ0v) is 19.1. The molecule has 0 aliphatic carbocycles. The van der Waals surface area contributed by atoms with Crippen LogP contribution < -0.4 is 4.74 Å². The second kappa shape index (κ2) is 19.9. The van der Waals surface area contributed by atoms with Crippen LogP contribution in [0.4, 0.5) is 0 Å². The van der Waals surface area contributed by atoms with Crippen molar-refractivity contribution >= 4 is 23.0 Å². The molecule has 0 aliphatic heterocycles. The second-order valence-electron chi connectivity index (χ2n) is 7.49. The van der Waals surface area contributed by atoms with Crippen molar-refractivity contribution in [2.75, 3.05) is 0 Å². The smallest absolute Gasteiger partial charge is 0.311 e. The van der Waals surface area contributed by atoms with E-state index in [1.165, 1.54) is 83.5 Å². The lowest BCUT2D eigenvalue weighted by Gasteiger charge is -2.04. The van der Waals surface area contributed by atoms with Crippen LogP contribution in [0.2, 0.25) is 0 Å². The highest BCUT2D eigenvalue weighted by molar-refractivity contribution is 8.93. The van der Waals surface area contributed by atoms with E-state index in [-0.39, 0.29) is 23.0 Å². The molecule has 0 heterocycles. The predicted molar refractivity (Wildman–Crippen MR) is 122 cm³/mol. The lowest BCUT2D eigenvalue weighted by atomic mass is 10.0. The van der Waals surface area contributed by atoms with Gasteiger partial charge in [-0.2, -0.15) is 0 Å². The predicted octanol–water partition coefficient (Wildman–Crippen LogP) is 8.43. The van der Waals surface area contributed by atoms with E-state index < -0.39 is 0 Å². The van der Waals surface area contributed by atoms with Gasteiger partial charge in [0.15, 0.2) is 0 Å². The van der Waals surface area contributed by atoms with Crippen LogP contribution in [-0.4, -0.2) is 5.97 Å². The largest absolute Gasteiger partial charge is 0.427 e. The molecule has 0 spiro atoms. The minimum Gasteiger partial charge on any atom is -0.427 e. The Balaban J connectivity index is 0.00000676. The summed E-state index contributed by atoms with van der Waals surface area (Å²) in [5.41, 5.74) is 0. The highest BCUT2D eigenvalue weighted by Gasteiger charge is 2.03. The molecule has 0 aliphatic rings. The number of unbranched alkanes of at least 4 members (excludes halogenated alkanes) is 14. The normalized spacial score (nSPS) is 10.4. The summed E-state index contributed by atoms with van der Waals surface area (Å²) in [7, 11) is 0. The van der Waals surface area contributed by atoms with Crippen molar-refractivity contribution in [3.63, 3.8) is 0 Å². The third kappa shape index (κ3) is 17.0. The van der Waals surface area contributed by atoms with Gasteiger partial charge in [-0.05, 0) is 18.6 Å². The number of hydrogen-bond acceptors (Lipinski definition) is 2. The Morgan fingerprint density at radius 2 is 1.07 bits per heavy atom. The van der Waals surface area contributed by atoms with E-state index in [9.17, 15) is 4.79 Å². The van der Waals surface area contributed by atoms with Crippen LogP contribution in [0.5, 0.6) is 5.75 Å². The highest BCUT2D eigenvalue weighted by Crippen LogP contribution is 2.14. The molecule has 0 atom stereocenters. The number of halogens is 1. The molecule has 0 bridgehead atoms. The first-order valence-electron chi connectivity index (χ1n) is 11.1. The Morgan fingerprint density at radius 3 is 1.52 bits per heavy atom. The molecule has 2 nitrogen and oxygen atoms in total. The number of ether oxygens (including phenoxy) is 1. The van der Waals surface area contributed by atoms with Gasteiger partial charge < -0.3 is 4.74 Å². The monoisotopic (exact) mass is 440 g/mol. The van der Waals surface area contributed by atoms with Crippen molar-refractivity contribution in [2.45, 2.75) is 110 Å². The zero-order valence-electron chi connectivity index (χ0n) is 17.4. The average molecular weight is 441 g/mol. The standard InChI is InChI=1S/C24H40O2.BrH/c1-2-3-4-5-6-7-8-9-10-11-12-13-14-15-19-22-24(25)26-23-20-17-16-18-21-23;/h16-18,20-21H,2-15,19,22H2,1H3;1H. The van der Waals surface area contributed by atoms with Crippen molar-refractivity contribution in [2.24, 2.45) is 0 Å². The number of para-hydroxylation sites is 1. The van der Waals surface area contributed by atoms with Crippen molar-refractivity contribution in [3.05, 3.63) is 30.3 Å². The Morgan fingerprint density at radius 1 is 0.667 bits per heavy atom. The summed E-state index contributed by atoms with van der Waals surface area (Å²) in [6, 6.07) is 9.34. The van der Waals surface area contributed by atoms with Crippen LogP contribution in [0.15, 0.2) is 30.3 Å². The molecule has 1 aromatic rings. The molecule has 0 N–H and O–H groups in total. The van der Waals surface area contributed by atoms with E-state index in [2.05, 4.69) is 6.92 Å². The fourth-order valence-corrected chi connectivity index (χ4v) is 3.31. The third-order valence-electron chi connectivity index (χ3n) is 4.96. The van der Waals surface area contributed by atoms with E-state index in [4.69, 9.17) is 4.74 Å². The molecule has 0 fully saturated rings. The number of esters is 1. The topological polar surface area (TPSA) is 26.3 Å². The van der Waals surface area contributed by atoms with Crippen LogP contribution in [0.25, 0.3) is 0 Å². The molecule has 27 heavy (non-hydrogen) atoms. The van der Waals surface area contributed by atoms with Crippen molar-refractivity contribution in [1.29, 1.82) is 0 Å². The van der Waals surface area contributed by atoms with Crippen LogP contribution in [0.3, 0.4) is 0 Å². The molecule has 0 saturated carbocycles. The Labute approximate surface area is 178 Å². The summed E-state index contributed by atoms with van der Waals surface area (Å²) in [5, 5.41) is 0. The number of hydrogen-bond donors (Lipinski definition) is 0. The van der Waals surface area contributed by atoms with Gasteiger partial charge in [-0.3, -0.25) is 4.79 Å². The molecular formula is C24H41BrO2. The quantitative estimate of drug-likeness (QED) is 0.138. The first-order valence-corrected chi connectivity index (χ1v) is 11.1. The fraction of sp³-hybridized carbons (Fsp3) is 0.708. The maximum atomic E-state index is 11.7.